The lowest BCUT2D eigenvalue weighted by Crippen LogP contribution is -2.45. The first-order valence-corrected chi connectivity index (χ1v) is 6.61. The van der Waals surface area contributed by atoms with Gasteiger partial charge in [0, 0.05) is 51.9 Å². The number of hydrogen-bond acceptors (Lipinski definition) is 6. The Morgan fingerprint density at radius 3 is 2.67 bits per heavy atom. The van der Waals surface area contributed by atoms with Crippen LogP contribution in [0, 0.1) is 0 Å². The zero-order chi connectivity index (χ0) is 12.6. The topological polar surface area (TPSA) is 65.1 Å². The monoisotopic (exact) mass is 250 g/mol. The van der Waals surface area contributed by atoms with Gasteiger partial charge in [0.25, 0.3) is 0 Å². The molecule has 0 amide bonds. The Kier molecular flexibility index (Phi) is 5.16. The first-order chi connectivity index (χ1) is 8.88. The van der Waals surface area contributed by atoms with Gasteiger partial charge in [-0.15, -0.1) is 0 Å². The fourth-order valence-electron chi connectivity index (χ4n) is 2.01. The second-order valence-corrected chi connectivity index (χ2v) is 4.34. The van der Waals surface area contributed by atoms with Crippen molar-refractivity contribution in [3.05, 3.63) is 12.4 Å². The molecule has 1 saturated heterocycles. The lowest BCUT2D eigenvalue weighted by Gasteiger charge is -2.27. The fourth-order valence-corrected chi connectivity index (χ4v) is 2.01. The summed E-state index contributed by atoms with van der Waals surface area (Å²) >= 11 is 0. The van der Waals surface area contributed by atoms with Gasteiger partial charge in [0.15, 0.2) is 0 Å². The van der Waals surface area contributed by atoms with Crippen molar-refractivity contribution in [2.75, 3.05) is 56.4 Å². The van der Waals surface area contributed by atoms with Gasteiger partial charge in [-0.1, -0.05) is 0 Å². The van der Waals surface area contributed by atoms with E-state index >= 15 is 0 Å². The number of aromatic nitrogens is 2. The molecule has 0 aliphatic carbocycles. The molecule has 18 heavy (non-hydrogen) atoms. The van der Waals surface area contributed by atoms with E-state index in [1.807, 2.05) is 6.07 Å². The Morgan fingerprint density at radius 2 is 1.94 bits per heavy atom. The minimum absolute atomic E-state index is 0.872. The Balaban J connectivity index is 1.73. The van der Waals surface area contributed by atoms with E-state index in [4.69, 9.17) is 0 Å². The molecule has 0 saturated carbocycles. The van der Waals surface area contributed by atoms with Gasteiger partial charge in [0.05, 0.1) is 0 Å². The SMILES string of the molecule is CCNc1cc(NCCN2CCNCC2)ncn1. The zero-order valence-corrected chi connectivity index (χ0v) is 10.9. The molecular weight excluding hydrogens is 228 g/mol. The van der Waals surface area contributed by atoms with Crippen LogP contribution < -0.4 is 16.0 Å². The molecule has 1 aromatic rings. The van der Waals surface area contributed by atoms with E-state index in [1.54, 1.807) is 6.33 Å². The van der Waals surface area contributed by atoms with Crippen molar-refractivity contribution in [3.63, 3.8) is 0 Å². The first-order valence-electron chi connectivity index (χ1n) is 6.61. The van der Waals surface area contributed by atoms with Gasteiger partial charge < -0.3 is 16.0 Å². The highest BCUT2D eigenvalue weighted by Gasteiger charge is 2.08. The number of nitrogens with one attached hydrogen (secondary N) is 3. The molecule has 3 N–H and O–H groups in total. The highest BCUT2D eigenvalue weighted by atomic mass is 15.2. The van der Waals surface area contributed by atoms with E-state index in [2.05, 4.69) is 37.7 Å². The molecule has 0 aromatic carbocycles. The normalized spacial score (nSPS) is 16.5. The van der Waals surface area contributed by atoms with Gasteiger partial charge in [0.1, 0.15) is 18.0 Å². The molecule has 0 bridgehead atoms. The molecule has 1 fully saturated rings. The summed E-state index contributed by atoms with van der Waals surface area (Å²) in [5, 5.41) is 9.87. The molecule has 1 aliphatic rings. The summed E-state index contributed by atoms with van der Waals surface area (Å²) in [6, 6.07) is 1.95. The Morgan fingerprint density at radius 1 is 1.22 bits per heavy atom. The van der Waals surface area contributed by atoms with Crippen LogP contribution in [0.2, 0.25) is 0 Å². The molecule has 0 spiro atoms. The van der Waals surface area contributed by atoms with Gasteiger partial charge in [-0.2, -0.15) is 0 Å². The third kappa shape index (κ3) is 4.12. The van der Waals surface area contributed by atoms with Gasteiger partial charge in [-0.3, -0.25) is 4.90 Å². The van der Waals surface area contributed by atoms with Crippen LogP contribution in [0.1, 0.15) is 6.92 Å². The summed E-state index contributed by atoms with van der Waals surface area (Å²) in [4.78, 5) is 10.8. The molecule has 0 unspecified atom stereocenters. The summed E-state index contributed by atoms with van der Waals surface area (Å²) in [7, 11) is 0. The maximum atomic E-state index is 4.21. The molecule has 2 heterocycles. The Labute approximate surface area is 108 Å². The van der Waals surface area contributed by atoms with E-state index in [0.717, 1.165) is 57.4 Å². The summed E-state index contributed by atoms with van der Waals surface area (Å²) in [6.45, 7) is 9.36. The average molecular weight is 250 g/mol. The van der Waals surface area contributed by atoms with E-state index in [1.165, 1.54) is 0 Å². The Hall–Kier alpha value is -1.40. The molecule has 6 heteroatoms. The fraction of sp³-hybridized carbons (Fsp3) is 0.667. The lowest BCUT2D eigenvalue weighted by atomic mass is 10.3. The summed E-state index contributed by atoms with van der Waals surface area (Å²) in [5.41, 5.74) is 0. The smallest absolute Gasteiger partial charge is 0.131 e. The third-order valence-corrected chi connectivity index (χ3v) is 2.97. The van der Waals surface area contributed by atoms with Crippen LogP contribution in [0.3, 0.4) is 0 Å². The minimum Gasteiger partial charge on any atom is -0.370 e. The van der Waals surface area contributed by atoms with Crippen molar-refractivity contribution in [1.29, 1.82) is 0 Å². The molecule has 6 nitrogen and oxygen atoms in total. The Bertz CT molecular complexity index is 350. The van der Waals surface area contributed by atoms with Gasteiger partial charge in [-0.25, -0.2) is 9.97 Å². The molecule has 0 atom stereocenters. The maximum Gasteiger partial charge on any atom is 0.131 e. The quantitative estimate of drug-likeness (QED) is 0.671. The van der Waals surface area contributed by atoms with Crippen molar-refractivity contribution >= 4 is 11.6 Å². The van der Waals surface area contributed by atoms with Crippen LogP contribution in [-0.4, -0.2) is 60.7 Å². The summed E-state index contributed by atoms with van der Waals surface area (Å²) in [6.07, 6.45) is 1.59. The second kappa shape index (κ2) is 7.13. The van der Waals surface area contributed by atoms with Crippen LogP contribution in [0.25, 0.3) is 0 Å². The van der Waals surface area contributed by atoms with E-state index in [9.17, 15) is 0 Å². The minimum atomic E-state index is 0.872. The van der Waals surface area contributed by atoms with Crippen LogP contribution in [0.15, 0.2) is 12.4 Å². The van der Waals surface area contributed by atoms with Crippen molar-refractivity contribution in [1.82, 2.24) is 20.2 Å². The zero-order valence-electron chi connectivity index (χ0n) is 10.9. The first kappa shape index (κ1) is 13.0. The van der Waals surface area contributed by atoms with Crippen molar-refractivity contribution < 1.29 is 0 Å². The average Bonchev–Trinajstić information content (AvgIpc) is 2.41. The molecule has 2 rings (SSSR count). The van der Waals surface area contributed by atoms with Gasteiger partial charge in [-0.05, 0) is 6.92 Å². The predicted molar refractivity (Wildman–Crippen MR) is 74.0 cm³/mol. The molecule has 1 aromatic heterocycles. The van der Waals surface area contributed by atoms with Gasteiger partial charge >= 0.3 is 0 Å². The highest BCUT2D eigenvalue weighted by Crippen LogP contribution is 2.07. The second-order valence-electron chi connectivity index (χ2n) is 4.34. The summed E-state index contributed by atoms with van der Waals surface area (Å²) < 4.78 is 0. The number of hydrogen-bond donors (Lipinski definition) is 3. The van der Waals surface area contributed by atoms with Crippen LogP contribution in [0.5, 0.6) is 0 Å². The maximum absolute atomic E-state index is 4.21. The number of anilines is 2. The van der Waals surface area contributed by atoms with E-state index < -0.39 is 0 Å². The standard InChI is InChI=1S/C12H22N6/c1-2-14-11-9-12(17-10-16-11)15-5-8-18-6-3-13-4-7-18/h9-10,13H,2-8H2,1H3,(H2,14,15,16,17). The largest absolute Gasteiger partial charge is 0.370 e. The van der Waals surface area contributed by atoms with Crippen LogP contribution in [-0.2, 0) is 0 Å². The molecular formula is C12H22N6. The van der Waals surface area contributed by atoms with E-state index in [0.29, 0.717) is 0 Å². The van der Waals surface area contributed by atoms with Crippen LogP contribution >= 0.6 is 0 Å². The van der Waals surface area contributed by atoms with Crippen molar-refractivity contribution in [3.8, 4) is 0 Å². The lowest BCUT2D eigenvalue weighted by molar-refractivity contribution is 0.249. The summed E-state index contributed by atoms with van der Waals surface area (Å²) in [5.74, 6) is 1.76. The van der Waals surface area contributed by atoms with Crippen molar-refractivity contribution in [2.24, 2.45) is 0 Å². The van der Waals surface area contributed by atoms with Gasteiger partial charge in [0.2, 0.25) is 0 Å². The predicted octanol–water partition coefficient (Wildman–Crippen LogP) is 0.226. The van der Waals surface area contributed by atoms with Crippen molar-refractivity contribution in [2.45, 2.75) is 6.92 Å². The molecule has 100 valence electrons. The molecule has 0 radical (unpaired) electrons. The number of nitrogens with zero attached hydrogens (tertiary/aromatic N) is 3. The molecule has 1 aliphatic heterocycles. The number of rotatable bonds is 6. The highest BCUT2D eigenvalue weighted by molar-refractivity contribution is 5.46. The third-order valence-electron chi connectivity index (χ3n) is 2.97. The van der Waals surface area contributed by atoms with E-state index in [-0.39, 0.29) is 0 Å². The van der Waals surface area contributed by atoms with Crippen LogP contribution in [0.4, 0.5) is 11.6 Å². The number of piperazine rings is 1.